The van der Waals surface area contributed by atoms with E-state index in [1.54, 1.807) is 13.1 Å². The van der Waals surface area contributed by atoms with Crippen molar-refractivity contribution in [3.05, 3.63) is 23.9 Å². The van der Waals surface area contributed by atoms with Gasteiger partial charge in [-0.2, -0.15) is 0 Å². The molecule has 88 valence electrons. The Morgan fingerprint density at radius 2 is 2.19 bits per heavy atom. The van der Waals surface area contributed by atoms with Gasteiger partial charge in [-0.3, -0.25) is 4.21 Å². The zero-order valence-electron chi connectivity index (χ0n) is 9.30. The Morgan fingerprint density at radius 1 is 1.50 bits per heavy atom. The summed E-state index contributed by atoms with van der Waals surface area (Å²) >= 11 is 0. The number of anilines is 1. The van der Waals surface area contributed by atoms with E-state index >= 15 is 0 Å². The van der Waals surface area contributed by atoms with Crippen molar-refractivity contribution in [2.75, 3.05) is 29.5 Å². The fraction of sp³-hybridized carbons (Fsp3) is 0.545. The van der Waals surface area contributed by atoms with E-state index in [9.17, 15) is 9.32 Å². The van der Waals surface area contributed by atoms with Crippen LogP contribution in [0.5, 0.6) is 0 Å². The minimum Gasteiger partial charge on any atom is -0.389 e. The van der Waals surface area contributed by atoms with Gasteiger partial charge in [-0.15, -0.1) is 0 Å². The lowest BCUT2D eigenvalue weighted by molar-refractivity contribution is 0.199. The van der Waals surface area contributed by atoms with Gasteiger partial charge in [-0.05, 0) is 13.0 Å². The van der Waals surface area contributed by atoms with E-state index in [1.807, 2.05) is 12.1 Å². The van der Waals surface area contributed by atoms with Crippen LogP contribution in [-0.4, -0.2) is 38.9 Å². The van der Waals surface area contributed by atoms with E-state index in [-0.39, 0.29) is 0 Å². The molecule has 2 rings (SSSR count). The average molecular weight is 240 g/mol. The normalized spacial score (nSPS) is 19.8. The molecule has 5 heteroatoms. The summed E-state index contributed by atoms with van der Waals surface area (Å²) in [6.07, 6.45) is 1.21. The first kappa shape index (κ1) is 11.5. The summed E-state index contributed by atoms with van der Waals surface area (Å²) in [5.41, 5.74) is 0.843. The Labute approximate surface area is 97.8 Å². The molecule has 16 heavy (non-hydrogen) atoms. The number of aromatic nitrogens is 1. The summed E-state index contributed by atoms with van der Waals surface area (Å²) in [4.78, 5) is 6.42. The highest BCUT2D eigenvalue weighted by molar-refractivity contribution is 7.85. The first-order valence-corrected chi connectivity index (χ1v) is 6.90. The van der Waals surface area contributed by atoms with Crippen LogP contribution in [0, 0.1) is 0 Å². The molecule has 0 radical (unpaired) electrons. The maximum absolute atomic E-state index is 11.3. The van der Waals surface area contributed by atoms with Gasteiger partial charge in [-0.1, -0.05) is 6.07 Å². The zero-order valence-corrected chi connectivity index (χ0v) is 10.1. The van der Waals surface area contributed by atoms with Gasteiger partial charge in [-0.25, -0.2) is 4.98 Å². The third-order valence-corrected chi connectivity index (χ3v) is 4.02. The van der Waals surface area contributed by atoms with Crippen LogP contribution in [0.25, 0.3) is 0 Å². The molecule has 0 amide bonds. The molecule has 0 bridgehead atoms. The number of nitrogens with zero attached hydrogens (tertiary/aromatic N) is 2. The molecule has 0 spiro atoms. The molecule has 1 saturated heterocycles. The van der Waals surface area contributed by atoms with E-state index in [4.69, 9.17) is 0 Å². The van der Waals surface area contributed by atoms with Crippen LogP contribution >= 0.6 is 0 Å². The van der Waals surface area contributed by atoms with Crippen LogP contribution in [0.4, 0.5) is 5.82 Å². The number of aliphatic hydroxyl groups excluding tert-OH is 1. The van der Waals surface area contributed by atoms with Crippen molar-refractivity contribution in [1.29, 1.82) is 0 Å². The molecule has 0 aromatic carbocycles. The van der Waals surface area contributed by atoms with E-state index in [1.165, 1.54) is 0 Å². The summed E-state index contributed by atoms with van der Waals surface area (Å²) in [5, 5.41) is 9.66. The smallest absolute Gasteiger partial charge is 0.134 e. The second kappa shape index (κ2) is 4.93. The van der Waals surface area contributed by atoms with E-state index < -0.39 is 16.9 Å². The van der Waals surface area contributed by atoms with Crippen LogP contribution in [0.15, 0.2) is 18.3 Å². The largest absolute Gasteiger partial charge is 0.389 e. The van der Waals surface area contributed by atoms with Crippen LogP contribution in [0.1, 0.15) is 18.6 Å². The minimum atomic E-state index is -0.684. The zero-order chi connectivity index (χ0) is 11.5. The summed E-state index contributed by atoms with van der Waals surface area (Å²) in [6.45, 7) is 3.25. The molecule has 1 aliphatic rings. The van der Waals surface area contributed by atoms with Gasteiger partial charge in [0.05, 0.1) is 6.10 Å². The predicted octanol–water partition coefficient (Wildman–Crippen LogP) is 0.704. The highest BCUT2D eigenvalue weighted by Crippen LogP contribution is 2.24. The molecule has 0 saturated carbocycles. The van der Waals surface area contributed by atoms with Crippen LogP contribution in [-0.2, 0) is 10.8 Å². The topological polar surface area (TPSA) is 53.4 Å². The molecule has 1 N–H and O–H groups in total. The molecule has 2 heterocycles. The molecule has 0 unspecified atom stereocenters. The van der Waals surface area contributed by atoms with Crippen molar-refractivity contribution in [3.8, 4) is 0 Å². The second-order valence-electron chi connectivity index (χ2n) is 3.93. The Bertz CT molecular complexity index is 385. The van der Waals surface area contributed by atoms with Gasteiger partial charge >= 0.3 is 0 Å². The number of hydrogen-bond acceptors (Lipinski definition) is 4. The number of hydrogen-bond donors (Lipinski definition) is 1. The molecule has 1 aliphatic heterocycles. The lowest BCUT2D eigenvalue weighted by Gasteiger charge is -2.29. The van der Waals surface area contributed by atoms with Crippen molar-refractivity contribution in [1.82, 2.24) is 4.98 Å². The van der Waals surface area contributed by atoms with Gasteiger partial charge in [0.25, 0.3) is 0 Å². The van der Waals surface area contributed by atoms with Gasteiger partial charge in [0.15, 0.2) is 0 Å². The Kier molecular flexibility index (Phi) is 3.56. The lowest BCUT2D eigenvalue weighted by Crippen LogP contribution is -2.38. The number of pyridine rings is 1. The quantitative estimate of drug-likeness (QED) is 0.827. The predicted molar refractivity (Wildman–Crippen MR) is 65.0 cm³/mol. The van der Waals surface area contributed by atoms with Crippen LogP contribution in [0.3, 0.4) is 0 Å². The van der Waals surface area contributed by atoms with Gasteiger partial charge < -0.3 is 10.0 Å². The van der Waals surface area contributed by atoms with Crippen molar-refractivity contribution < 1.29 is 9.32 Å². The van der Waals surface area contributed by atoms with Crippen molar-refractivity contribution in [3.63, 3.8) is 0 Å². The summed E-state index contributed by atoms with van der Waals surface area (Å²) < 4.78 is 11.3. The fourth-order valence-electron chi connectivity index (χ4n) is 1.85. The van der Waals surface area contributed by atoms with Gasteiger partial charge in [0.2, 0.25) is 0 Å². The molecule has 1 aromatic heterocycles. The second-order valence-corrected chi connectivity index (χ2v) is 5.62. The molecule has 1 atom stereocenters. The number of aliphatic hydroxyl groups is 1. The molecular weight excluding hydrogens is 224 g/mol. The van der Waals surface area contributed by atoms with Gasteiger partial charge in [0, 0.05) is 47.2 Å². The number of rotatable bonds is 2. The van der Waals surface area contributed by atoms with E-state index in [0.717, 1.165) is 24.5 Å². The Balaban J connectivity index is 2.23. The minimum absolute atomic E-state index is 0.517. The Hall–Kier alpha value is -0.940. The monoisotopic (exact) mass is 240 g/mol. The van der Waals surface area contributed by atoms with Gasteiger partial charge in [0.1, 0.15) is 5.82 Å². The molecular formula is C11H16N2O2S. The molecule has 4 nitrogen and oxygen atoms in total. The Morgan fingerprint density at radius 3 is 2.81 bits per heavy atom. The summed E-state index contributed by atoms with van der Waals surface area (Å²) in [5.74, 6) is 2.21. The first-order valence-electron chi connectivity index (χ1n) is 5.41. The maximum atomic E-state index is 11.3. The highest BCUT2D eigenvalue weighted by atomic mass is 32.2. The van der Waals surface area contributed by atoms with Crippen LogP contribution in [0.2, 0.25) is 0 Å². The average Bonchev–Trinajstić information content (AvgIpc) is 2.30. The third-order valence-electron chi connectivity index (χ3n) is 2.74. The molecule has 1 aromatic rings. The fourth-order valence-corrected chi connectivity index (χ4v) is 2.90. The van der Waals surface area contributed by atoms with Crippen molar-refractivity contribution >= 4 is 16.6 Å². The third kappa shape index (κ3) is 2.41. The van der Waals surface area contributed by atoms with Crippen molar-refractivity contribution in [2.45, 2.75) is 13.0 Å². The molecule has 1 fully saturated rings. The molecule has 0 aliphatic carbocycles. The summed E-state index contributed by atoms with van der Waals surface area (Å²) in [6, 6.07) is 3.71. The van der Waals surface area contributed by atoms with E-state index in [2.05, 4.69) is 9.88 Å². The maximum Gasteiger partial charge on any atom is 0.134 e. The highest BCUT2D eigenvalue weighted by Gasteiger charge is 2.20. The van der Waals surface area contributed by atoms with E-state index in [0.29, 0.717) is 11.5 Å². The van der Waals surface area contributed by atoms with Crippen molar-refractivity contribution in [2.24, 2.45) is 0 Å². The van der Waals surface area contributed by atoms with Crippen LogP contribution < -0.4 is 4.90 Å². The standard InChI is InChI=1S/C11H16N2O2S/c1-9(14)10-3-2-4-12-11(10)13-5-7-16(15)8-6-13/h2-4,9,14H,5-8H2,1H3/t9-/m1/s1. The lowest BCUT2D eigenvalue weighted by atomic mass is 10.1. The summed E-state index contributed by atoms with van der Waals surface area (Å²) in [7, 11) is -0.684. The SMILES string of the molecule is C[C@@H](O)c1cccnc1N1CCS(=O)CC1. The first-order chi connectivity index (χ1) is 7.68.